The normalized spacial score (nSPS) is 10.4. The van der Waals surface area contributed by atoms with Crippen molar-refractivity contribution in [3.05, 3.63) is 35.0 Å². The number of hydrogen-bond acceptors (Lipinski definition) is 4. The molecular formula is C11H15N5. The van der Waals surface area contributed by atoms with Gasteiger partial charge in [0, 0.05) is 17.5 Å². The van der Waals surface area contributed by atoms with Crippen molar-refractivity contribution in [1.29, 1.82) is 0 Å². The molecule has 0 atom stereocenters. The number of hydrogen-bond donors (Lipinski definition) is 2. The third-order valence-corrected chi connectivity index (χ3v) is 2.67. The van der Waals surface area contributed by atoms with Gasteiger partial charge in [0.25, 0.3) is 0 Å². The molecule has 2 N–H and O–H groups in total. The number of aryl methyl sites for hydroxylation is 2. The standard InChI is InChI=1S/C11H15N5/c1-7-4-12-6-14-11(7)13-5-10-8(2)9(3)15-16-10/h4,6H,5H2,1-3H3,(H,15,16)(H,12,13,14). The minimum atomic E-state index is 0.675. The van der Waals surface area contributed by atoms with Crippen LogP contribution >= 0.6 is 0 Å². The Morgan fingerprint density at radius 3 is 2.75 bits per heavy atom. The quantitative estimate of drug-likeness (QED) is 0.821. The van der Waals surface area contributed by atoms with Crippen molar-refractivity contribution in [2.24, 2.45) is 0 Å². The first-order valence-corrected chi connectivity index (χ1v) is 5.19. The zero-order valence-electron chi connectivity index (χ0n) is 9.70. The first-order valence-electron chi connectivity index (χ1n) is 5.19. The summed E-state index contributed by atoms with van der Waals surface area (Å²) in [5.41, 5.74) is 4.36. The Kier molecular flexibility index (Phi) is 2.85. The molecule has 0 aliphatic heterocycles. The Balaban J connectivity index is 2.08. The van der Waals surface area contributed by atoms with Crippen LogP contribution in [0, 0.1) is 20.8 Å². The highest BCUT2D eigenvalue weighted by Crippen LogP contribution is 2.12. The van der Waals surface area contributed by atoms with Crippen molar-refractivity contribution >= 4 is 5.82 Å². The second-order valence-corrected chi connectivity index (χ2v) is 3.83. The van der Waals surface area contributed by atoms with Gasteiger partial charge in [0.1, 0.15) is 12.1 Å². The van der Waals surface area contributed by atoms with Crippen molar-refractivity contribution in [3.63, 3.8) is 0 Å². The van der Waals surface area contributed by atoms with E-state index in [1.165, 1.54) is 11.9 Å². The molecule has 2 aromatic heterocycles. The second-order valence-electron chi connectivity index (χ2n) is 3.83. The number of anilines is 1. The Labute approximate surface area is 94.3 Å². The van der Waals surface area contributed by atoms with E-state index in [-0.39, 0.29) is 0 Å². The maximum Gasteiger partial charge on any atom is 0.132 e. The van der Waals surface area contributed by atoms with E-state index in [0.29, 0.717) is 6.54 Å². The lowest BCUT2D eigenvalue weighted by Gasteiger charge is -2.06. The fraction of sp³-hybridized carbons (Fsp3) is 0.364. The molecule has 0 spiro atoms. The summed E-state index contributed by atoms with van der Waals surface area (Å²) in [7, 11) is 0. The van der Waals surface area contributed by atoms with E-state index in [1.54, 1.807) is 6.20 Å². The summed E-state index contributed by atoms with van der Waals surface area (Å²) in [4.78, 5) is 8.12. The van der Waals surface area contributed by atoms with Gasteiger partial charge in [-0.1, -0.05) is 0 Å². The van der Waals surface area contributed by atoms with E-state index in [4.69, 9.17) is 0 Å². The number of rotatable bonds is 3. The number of H-pyrrole nitrogens is 1. The van der Waals surface area contributed by atoms with E-state index in [1.807, 2.05) is 13.8 Å². The zero-order valence-corrected chi connectivity index (χ0v) is 9.70. The Hall–Kier alpha value is -1.91. The van der Waals surface area contributed by atoms with Gasteiger partial charge in [-0.05, 0) is 26.3 Å². The van der Waals surface area contributed by atoms with Gasteiger partial charge < -0.3 is 5.32 Å². The van der Waals surface area contributed by atoms with Crippen LogP contribution in [0.2, 0.25) is 0 Å². The van der Waals surface area contributed by atoms with Crippen molar-refractivity contribution < 1.29 is 0 Å². The summed E-state index contributed by atoms with van der Waals surface area (Å²) in [6, 6.07) is 0. The average Bonchev–Trinajstić information content (AvgIpc) is 2.59. The van der Waals surface area contributed by atoms with Crippen LogP contribution in [0.1, 0.15) is 22.5 Å². The Morgan fingerprint density at radius 2 is 2.12 bits per heavy atom. The molecule has 16 heavy (non-hydrogen) atoms. The molecule has 0 fully saturated rings. The maximum absolute atomic E-state index is 4.23. The van der Waals surface area contributed by atoms with Gasteiger partial charge in [-0.15, -0.1) is 0 Å². The van der Waals surface area contributed by atoms with Crippen LogP contribution in [-0.2, 0) is 6.54 Å². The molecule has 2 rings (SSSR count). The summed E-state index contributed by atoms with van der Waals surface area (Å²) < 4.78 is 0. The molecule has 2 heterocycles. The predicted molar refractivity (Wildman–Crippen MR) is 62.2 cm³/mol. The van der Waals surface area contributed by atoms with Crippen molar-refractivity contribution in [2.45, 2.75) is 27.3 Å². The molecular weight excluding hydrogens is 202 g/mol. The molecule has 0 saturated heterocycles. The fourth-order valence-electron chi connectivity index (χ4n) is 1.46. The van der Waals surface area contributed by atoms with E-state index in [2.05, 4.69) is 32.4 Å². The van der Waals surface area contributed by atoms with Crippen molar-refractivity contribution in [2.75, 3.05) is 5.32 Å². The molecule has 84 valence electrons. The van der Waals surface area contributed by atoms with Crippen LogP contribution in [0.15, 0.2) is 12.5 Å². The monoisotopic (exact) mass is 217 g/mol. The van der Waals surface area contributed by atoms with Crippen LogP contribution in [0.25, 0.3) is 0 Å². The fourth-order valence-corrected chi connectivity index (χ4v) is 1.46. The van der Waals surface area contributed by atoms with Gasteiger partial charge in [0.05, 0.1) is 12.2 Å². The smallest absolute Gasteiger partial charge is 0.132 e. The lowest BCUT2D eigenvalue weighted by Crippen LogP contribution is -2.04. The molecule has 0 bridgehead atoms. The van der Waals surface area contributed by atoms with Crippen molar-refractivity contribution in [1.82, 2.24) is 20.2 Å². The van der Waals surface area contributed by atoms with Gasteiger partial charge in [0.15, 0.2) is 0 Å². The molecule has 5 heteroatoms. The second kappa shape index (κ2) is 4.30. The van der Waals surface area contributed by atoms with Gasteiger partial charge in [0.2, 0.25) is 0 Å². The van der Waals surface area contributed by atoms with Crippen LogP contribution in [0.3, 0.4) is 0 Å². The SMILES string of the molecule is Cc1cncnc1NCc1n[nH]c(C)c1C. The van der Waals surface area contributed by atoms with Crippen LogP contribution in [0.4, 0.5) is 5.82 Å². The van der Waals surface area contributed by atoms with Gasteiger partial charge in [-0.25, -0.2) is 9.97 Å². The predicted octanol–water partition coefficient (Wildman–Crippen LogP) is 1.74. The number of aromatic amines is 1. The summed E-state index contributed by atoms with van der Waals surface area (Å²) >= 11 is 0. The molecule has 0 radical (unpaired) electrons. The third-order valence-electron chi connectivity index (χ3n) is 2.67. The zero-order chi connectivity index (χ0) is 11.5. The van der Waals surface area contributed by atoms with Crippen molar-refractivity contribution in [3.8, 4) is 0 Å². The summed E-state index contributed by atoms with van der Waals surface area (Å²) in [5, 5.41) is 10.4. The summed E-state index contributed by atoms with van der Waals surface area (Å²) in [6.07, 6.45) is 3.33. The van der Waals surface area contributed by atoms with E-state index >= 15 is 0 Å². The molecule has 0 amide bonds. The first kappa shape index (κ1) is 10.6. The number of nitrogens with zero attached hydrogens (tertiary/aromatic N) is 3. The van der Waals surface area contributed by atoms with Gasteiger partial charge >= 0.3 is 0 Å². The lowest BCUT2D eigenvalue weighted by molar-refractivity contribution is 0.954. The summed E-state index contributed by atoms with van der Waals surface area (Å²) in [5.74, 6) is 0.857. The van der Waals surface area contributed by atoms with E-state index in [9.17, 15) is 0 Å². The molecule has 0 aliphatic rings. The highest BCUT2D eigenvalue weighted by molar-refractivity contribution is 5.41. The molecule has 0 unspecified atom stereocenters. The lowest BCUT2D eigenvalue weighted by atomic mass is 10.2. The molecule has 0 aromatic carbocycles. The maximum atomic E-state index is 4.23. The topological polar surface area (TPSA) is 66.5 Å². The number of aromatic nitrogens is 4. The largest absolute Gasteiger partial charge is 0.364 e. The average molecular weight is 217 g/mol. The molecule has 0 saturated carbocycles. The first-order chi connectivity index (χ1) is 7.68. The summed E-state index contributed by atoms with van der Waals surface area (Å²) in [6.45, 7) is 6.73. The highest BCUT2D eigenvalue weighted by atomic mass is 15.1. The minimum Gasteiger partial charge on any atom is -0.364 e. The van der Waals surface area contributed by atoms with Crippen LogP contribution in [-0.4, -0.2) is 20.2 Å². The molecule has 2 aromatic rings. The molecule has 5 nitrogen and oxygen atoms in total. The van der Waals surface area contributed by atoms with Gasteiger partial charge in [-0.3, -0.25) is 5.10 Å². The minimum absolute atomic E-state index is 0.675. The van der Waals surface area contributed by atoms with E-state index < -0.39 is 0 Å². The Morgan fingerprint density at radius 1 is 1.31 bits per heavy atom. The highest BCUT2D eigenvalue weighted by Gasteiger charge is 2.06. The third kappa shape index (κ3) is 2.03. The van der Waals surface area contributed by atoms with Gasteiger partial charge in [-0.2, -0.15) is 5.10 Å². The van der Waals surface area contributed by atoms with Crippen LogP contribution in [0.5, 0.6) is 0 Å². The number of nitrogens with one attached hydrogen (secondary N) is 2. The Bertz CT molecular complexity index is 489. The molecule has 0 aliphatic carbocycles. The van der Waals surface area contributed by atoms with Crippen LogP contribution < -0.4 is 5.32 Å². The van der Waals surface area contributed by atoms with E-state index in [0.717, 1.165) is 22.8 Å².